The molecule has 1 heterocycles. The lowest BCUT2D eigenvalue weighted by Gasteiger charge is -2.19. The zero-order valence-corrected chi connectivity index (χ0v) is 10.7. The van der Waals surface area contributed by atoms with Gasteiger partial charge in [0.05, 0.1) is 5.52 Å². The van der Waals surface area contributed by atoms with Gasteiger partial charge in [0.2, 0.25) is 0 Å². The highest BCUT2D eigenvalue weighted by Crippen LogP contribution is 2.23. The van der Waals surface area contributed by atoms with Crippen LogP contribution in [0.5, 0.6) is 0 Å². The van der Waals surface area contributed by atoms with E-state index in [1.807, 2.05) is 24.3 Å². The van der Waals surface area contributed by atoms with Crippen molar-refractivity contribution in [3.05, 3.63) is 46.2 Å². The molecule has 2 nitrogen and oxygen atoms in total. The third kappa shape index (κ3) is 1.99. The first-order chi connectivity index (χ1) is 8.19. The molecule has 0 spiro atoms. The van der Waals surface area contributed by atoms with Crippen LogP contribution in [0, 0.1) is 0 Å². The van der Waals surface area contributed by atoms with Crippen LogP contribution in [0.4, 0.5) is 0 Å². The molecule has 0 amide bonds. The van der Waals surface area contributed by atoms with E-state index < -0.39 is 0 Å². The number of aromatic nitrogens is 1. The molecule has 0 aliphatic heterocycles. The van der Waals surface area contributed by atoms with Crippen LogP contribution in [0.2, 0.25) is 0 Å². The lowest BCUT2D eigenvalue weighted by atomic mass is 9.97. The Bertz CT molecular complexity index is 579. The Hall–Kier alpha value is -1.57. The van der Waals surface area contributed by atoms with Gasteiger partial charge in [-0.25, -0.2) is 0 Å². The molecule has 0 aliphatic rings. The minimum atomic E-state index is 0.139. The van der Waals surface area contributed by atoms with Gasteiger partial charge < -0.3 is 4.57 Å². The number of nitrogens with zero attached hydrogens (tertiary/aromatic N) is 1. The van der Waals surface area contributed by atoms with Gasteiger partial charge in [0.15, 0.2) is 5.43 Å². The van der Waals surface area contributed by atoms with Crippen LogP contribution in [0.1, 0.15) is 38.3 Å². The Labute approximate surface area is 102 Å². The van der Waals surface area contributed by atoms with Crippen LogP contribution >= 0.6 is 0 Å². The minimum Gasteiger partial charge on any atom is -0.347 e. The molecule has 0 bridgehead atoms. The van der Waals surface area contributed by atoms with Crippen LogP contribution in [-0.2, 0) is 7.05 Å². The van der Waals surface area contributed by atoms with Crippen LogP contribution in [-0.4, -0.2) is 4.57 Å². The Balaban J connectivity index is 2.75. The summed E-state index contributed by atoms with van der Waals surface area (Å²) in [5.41, 5.74) is 2.32. The molecule has 0 N–H and O–H groups in total. The van der Waals surface area contributed by atoms with Gasteiger partial charge in [0, 0.05) is 24.2 Å². The lowest BCUT2D eigenvalue weighted by molar-refractivity contribution is 0.596. The van der Waals surface area contributed by atoms with Crippen molar-refractivity contribution in [3.63, 3.8) is 0 Å². The summed E-state index contributed by atoms with van der Waals surface area (Å²) in [6.45, 7) is 4.35. The molecule has 2 rings (SSSR count). The fraction of sp³-hybridized carbons (Fsp3) is 0.400. The van der Waals surface area contributed by atoms with Gasteiger partial charge in [-0.05, 0) is 30.9 Å². The lowest BCUT2D eigenvalue weighted by Crippen LogP contribution is -2.14. The van der Waals surface area contributed by atoms with Crippen molar-refractivity contribution in [2.45, 2.75) is 32.6 Å². The van der Waals surface area contributed by atoms with Crippen molar-refractivity contribution in [2.75, 3.05) is 0 Å². The Morgan fingerprint density at radius 3 is 2.47 bits per heavy atom. The van der Waals surface area contributed by atoms with Gasteiger partial charge in [-0.2, -0.15) is 0 Å². The van der Waals surface area contributed by atoms with E-state index >= 15 is 0 Å². The van der Waals surface area contributed by atoms with Crippen molar-refractivity contribution in [3.8, 4) is 0 Å². The monoisotopic (exact) mass is 229 g/mol. The fourth-order valence-electron chi connectivity index (χ4n) is 2.52. The second kappa shape index (κ2) is 4.74. The van der Waals surface area contributed by atoms with E-state index in [-0.39, 0.29) is 5.43 Å². The first-order valence-electron chi connectivity index (χ1n) is 6.27. The van der Waals surface area contributed by atoms with Gasteiger partial charge in [-0.15, -0.1) is 0 Å². The first-order valence-corrected chi connectivity index (χ1v) is 6.27. The van der Waals surface area contributed by atoms with Crippen molar-refractivity contribution < 1.29 is 0 Å². The molecule has 0 saturated heterocycles. The summed E-state index contributed by atoms with van der Waals surface area (Å²) >= 11 is 0. The fourth-order valence-corrected chi connectivity index (χ4v) is 2.52. The maximum atomic E-state index is 12.1. The normalized spacial score (nSPS) is 11.3. The van der Waals surface area contributed by atoms with Gasteiger partial charge in [-0.1, -0.05) is 26.0 Å². The van der Waals surface area contributed by atoms with E-state index in [0.29, 0.717) is 5.92 Å². The predicted molar refractivity (Wildman–Crippen MR) is 72.5 cm³/mol. The molecule has 0 fully saturated rings. The number of para-hydroxylation sites is 1. The Morgan fingerprint density at radius 2 is 1.82 bits per heavy atom. The topological polar surface area (TPSA) is 22.0 Å². The average Bonchev–Trinajstić information content (AvgIpc) is 2.37. The van der Waals surface area contributed by atoms with E-state index in [4.69, 9.17) is 0 Å². The van der Waals surface area contributed by atoms with Crippen LogP contribution in [0.3, 0.4) is 0 Å². The predicted octanol–water partition coefficient (Wildman–Crippen LogP) is 3.44. The molecule has 2 aromatic rings. The molecular weight excluding hydrogens is 210 g/mol. The molecule has 2 heteroatoms. The van der Waals surface area contributed by atoms with E-state index in [0.717, 1.165) is 29.4 Å². The first kappa shape index (κ1) is 11.9. The standard InChI is InChI=1S/C15H19NO/c1-4-11(5-2)14-10-15(17)12-8-6-7-9-13(12)16(14)3/h6-11H,4-5H2,1-3H3. The van der Waals surface area contributed by atoms with Gasteiger partial charge >= 0.3 is 0 Å². The van der Waals surface area contributed by atoms with E-state index in [2.05, 4.69) is 25.5 Å². The SMILES string of the molecule is CCC(CC)c1cc(=O)c2ccccc2n1C. The summed E-state index contributed by atoms with van der Waals surface area (Å²) in [7, 11) is 2.05. The highest BCUT2D eigenvalue weighted by molar-refractivity contribution is 5.79. The van der Waals surface area contributed by atoms with Crippen molar-refractivity contribution in [1.29, 1.82) is 0 Å². The third-order valence-electron chi connectivity index (χ3n) is 3.60. The average molecular weight is 229 g/mol. The summed E-state index contributed by atoms with van der Waals surface area (Å²) in [4.78, 5) is 12.1. The number of pyridine rings is 1. The minimum absolute atomic E-state index is 0.139. The molecule has 0 atom stereocenters. The van der Waals surface area contributed by atoms with E-state index in [1.54, 1.807) is 6.07 Å². The zero-order valence-electron chi connectivity index (χ0n) is 10.7. The smallest absolute Gasteiger partial charge is 0.189 e. The molecule has 0 radical (unpaired) electrons. The number of hydrogen-bond donors (Lipinski definition) is 0. The molecule has 0 unspecified atom stereocenters. The molecule has 1 aromatic carbocycles. The van der Waals surface area contributed by atoms with Gasteiger partial charge in [0.25, 0.3) is 0 Å². The molecule has 17 heavy (non-hydrogen) atoms. The molecule has 1 aromatic heterocycles. The summed E-state index contributed by atoms with van der Waals surface area (Å²) in [5, 5.41) is 0.810. The van der Waals surface area contributed by atoms with Gasteiger partial charge in [0.1, 0.15) is 0 Å². The highest BCUT2D eigenvalue weighted by atomic mass is 16.1. The second-order valence-corrected chi connectivity index (χ2v) is 4.52. The number of hydrogen-bond acceptors (Lipinski definition) is 1. The van der Waals surface area contributed by atoms with Crippen LogP contribution in [0.15, 0.2) is 35.1 Å². The maximum absolute atomic E-state index is 12.1. The summed E-state index contributed by atoms with van der Waals surface area (Å²) in [6.07, 6.45) is 2.14. The third-order valence-corrected chi connectivity index (χ3v) is 3.60. The molecule has 0 aliphatic carbocycles. The van der Waals surface area contributed by atoms with Crippen LogP contribution < -0.4 is 5.43 Å². The largest absolute Gasteiger partial charge is 0.347 e. The Morgan fingerprint density at radius 1 is 1.18 bits per heavy atom. The number of benzene rings is 1. The van der Waals surface area contributed by atoms with Crippen molar-refractivity contribution in [2.24, 2.45) is 7.05 Å². The quantitative estimate of drug-likeness (QED) is 0.790. The maximum Gasteiger partial charge on any atom is 0.189 e. The second-order valence-electron chi connectivity index (χ2n) is 4.52. The Kier molecular flexibility index (Phi) is 3.32. The molecular formula is C15H19NO. The number of rotatable bonds is 3. The summed E-state index contributed by atoms with van der Waals surface area (Å²) in [5.74, 6) is 0.470. The summed E-state index contributed by atoms with van der Waals surface area (Å²) < 4.78 is 2.16. The van der Waals surface area contributed by atoms with Crippen molar-refractivity contribution >= 4 is 10.9 Å². The van der Waals surface area contributed by atoms with Crippen LogP contribution in [0.25, 0.3) is 10.9 Å². The summed E-state index contributed by atoms with van der Waals surface area (Å²) in [6, 6.07) is 9.62. The van der Waals surface area contributed by atoms with Gasteiger partial charge in [-0.3, -0.25) is 4.79 Å². The van der Waals surface area contributed by atoms with E-state index in [1.165, 1.54) is 0 Å². The van der Waals surface area contributed by atoms with Crippen molar-refractivity contribution in [1.82, 2.24) is 4.57 Å². The zero-order chi connectivity index (χ0) is 12.4. The molecule has 90 valence electrons. The highest BCUT2D eigenvalue weighted by Gasteiger charge is 2.12. The number of fused-ring (bicyclic) bond motifs is 1. The molecule has 0 saturated carbocycles. The number of aryl methyl sites for hydroxylation is 1. The van der Waals surface area contributed by atoms with E-state index in [9.17, 15) is 4.79 Å².